The van der Waals surface area contributed by atoms with Crippen LogP contribution in [0.25, 0.3) is 0 Å². The van der Waals surface area contributed by atoms with E-state index in [1.807, 2.05) is 51.1 Å². The summed E-state index contributed by atoms with van der Waals surface area (Å²) in [5.41, 5.74) is 5.10. The average molecular weight is 574 g/mol. The molecule has 2 unspecified atom stereocenters. The van der Waals surface area contributed by atoms with Gasteiger partial charge in [0, 0.05) is 18.2 Å². The van der Waals surface area contributed by atoms with Crippen molar-refractivity contribution in [1.82, 2.24) is 9.55 Å². The maximum absolute atomic E-state index is 13.2. The molecule has 3 N–H and O–H groups in total. The van der Waals surface area contributed by atoms with Crippen LogP contribution in [0.1, 0.15) is 92.2 Å². The van der Waals surface area contributed by atoms with E-state index in [2.05, 4.69) is 59.6 Å². The second kappa shape index (κ2) is 11.7. The molecule has 1 saturated heterocycles. The zero-order chi connectivity index (χ0) is 30.3. The molecule has 0 saturated carbocycles. The van der Waals surface area contributed by atoms with Crippen LogP contribution in [0, 0.1) is 16.2 Å². The summed E-state index contributed by atoms with van der Waals surface area (Å²) in [6, 6.07) is 10.1. The molecule has 2 aromatic rings. The second-order valence-corrected chi connectivity index (χ2v) is 17.0. The normalized spacial score (nSPS) is 23.9. The number of aromatic nitrogens is 2. The van der Waals surface area contributed by atoms with Gasteiger partial charge >= 0.3 is 5.69 Å². The molecule has 0 amide bonds. The first kappa shape index (κ1) is 32.5. The molecular formula is C31H51N3O5Si. The van der Waals surface area contributed by atoms with Crippen molar-refractivity contribution in [2.75, 3.05) is 5.73 Å². The predicted octanol–water partition coefficient (Wildman–Crippen LogP) is 5.61. The molecule has 5 atom stereocenters. The number of benzene rings is 1. The van der Waals surface area contributed by atoms with Crippen LogP contribution < -0.4 is 11.4 Å². The lowest BCUT2D eigenvalue weighted by Crippen LogP contribution is -2.58. The van der Waals surface area contributed by atoms with Crippen molar-refractivity contribution in [3.63, 3.8) is 0 Å². The smallest absolute Gasteiger partial charge is 0.351 e. The van der Waals surface area contributed by atoms with Crippen LogP contribution in [0.2, 0.25) is 13.1 Å². The van der Waals surface area contributed by atoms with E-state index in [1.54, 1.807) is 6.20 Å². The lowest BCUT2D eigenvalue weighted by atomic mass is 9.68. The number of hydrogen-bond acceptors (Lipinski definition) is 7. The fourth-order valence-electron chi connectivity index (χ4n) is 5.44. The third kappa shape index (κ3) is 7.05. The highest BCUT2D eigenvalue weighted by Gasteiger charge is 2.59. The van der Waals surface area contributed by atoms with E-state index in [0.717, 1.165) is 5.56 Å². The van der Waals surface area contributed by atoms with E-state index >= 15 is 0 Å². The zero-order valence-electron chi connectivity index (χ0n) is 26.3. The SMILES string of the molecule is C[SiH](C)OC([C@H]1O[C@@H](n2cc(COC(c3ccccc3)C(C)(C)C)c(N)nc2=O)C[C@@]1(O)C(C)(C)C)C(C)(C)C. The molecule has 1 aliphatic heterocycles. The zero-order valence-corrected chi connectivity index (χ0v) is 27.5. The van der Waals surface area contributed by atoms with Gasteiger partial charge in [0.25, 0.3) is 0 Å². The topological polar surface area (TPSA) is 109 Å². The highest BCUT2D eigenvalue weighted by Crippen LogP contribution is 2.51. The van der Waals surface area contributed by atoms with Gasteiger partial charge in [-0.1, -0.05) is 92.6 Å². The summed E-state index contributed by atoms with van der Waals surface area (Å²) in [7, 11) is -1.48. The van der Waals surface area contributed by atoms with Crippen LogP contribution in [0.15, 0.2) is 41.3 Å². The van der Waals surface area contributed by atoms with Crippen LogP contribution >= 0.6 is 0 Å². The fourth-order valence-corrected chi connectivity index (χ4v) is 6.58. The minimum absolute atomic E-state index is 0.129. The van der Waals surface area contributed by atoms with Crippen LogP contribution in [-0.4, -0.2) is 41.5 Å². The van der Waals surface area contributed by atoms with Crippen LogP contribution in [0.5, 0.6) is 0 Å². The highest BCUT2D eigenvalue weighted by atomic mass is 28.3. The molecule has 2 heterocycles. The van der Waals surface area contributed by atoms with E-state index in [4.69, 9.17) is 19.6 Å². The Kier molecular flexibility index (Phi) is 9.48. The van der Waals surface area contributed by atoms with Crippen LogP contribution in [-0.2, 0) is 20.5 Å². The van der Waals surface area contributed by atoms with Gasteiger partial charge in [0.1, 0.15) is 23.8 Å². The van der Waals surface area contributed by atoms with Gasteiger partial charge in [0.15, 0.2) is 9.04 Å². The van der Waals surface area contributed by atoms with Crippen molar-refractivity contribution in [2.45, 2.75) is 119 Å². The summed E-state index contributed by atoms with van der Waals surface area (Å²) in [4.78, 5) is 17.3. The standard InChI is InChI=1S/C31H51N3O5Si/c1-28(2,3)23(20-15-13-12-14-16-20)37-19-21-18-34(27(35)33-26(21)32)22-17-31(36,30(7,8)9)25(38-22)24(29(4,5)6)39-40(10)11/h12-16,18,22-25,36,40H,17,19H2,1-11H3,(H2,32,33,35)/t22-,23?,24?,25-,31+/m1/s1. The van der Waals surface area contributed by atoms with Gasteiger partial charge < -0.3 is 24.7 Å². The van der Waals surface area contributed by atoms with Gasteiger partial charge in [-0.2, -0.15) is 4.98 Å². The Labute approximate surface area is 242 Å². The van der Waals surface area contributed by atoms with E-state index in [9.17, 15) is 9.90 Å². The Hall–Kier alpha value is -2.04. The first-order valence-corrected chi connectivity index (χ1v) is 17.1. The number of nitrogens with two attached hydrogens (primary N) is 1. The molecule has 224 valence electrons. The quantitative estimate of drug-likeness (QED) is 0.395. The number of nitrogen functional groups attached to an aromatic ring is 1. The first-order valence-electron chi connectivity index (χ1n) is 14.3. The largest absolute Gasteiger partial charge is 0.414 e. The maximum Gasteiger partial charge on any atom is 0.351 e. The summed E-state index contributed by atoms with van der Waals surface area (Å²) < 4.78 is 21.0. The summed E-state index contributed by atoms with van der Waals surface area (Å²) >= 11 is 0. The van der Waals surface area contributed by atoms with Crippen molar-refractivity contribution in [3.8, 4) is 0 Å². The number of rotatable bonds is 8. The molecule has 0 spiro atoms. The van der Waals surface area contributed by atoms with Crippen LogP contribution in [0.3, 0.4) is 0 Å². The predicted molar refractivity (Wildman–Crippen MR) is 162 cm³/mol. The van der Waals surface area contributed by atoms with Crippen molar-refractivity contribution < 1.29 is 19.0 Å². The van der Waals surface area contributed by atoms with E-state index in [-0.39, 0.29) is 41.9 Å². The highest BCUT2D eigenvalue weighted by molar-refractivity contribution is 6.48. The van der Waals surface area contributed by atoms with E-state index in [1.165, 1.54) is 4.57 Å². The minimum Gasteiger partial charge on any atom is -0.414 e. The van der Waals surface area contributed by atoms with Crippen molar-refractivity contribution in [2.24, 2.45) is 16.2 Å². The lowest BCUT2D eigenvalue weighted by Gasteiger charge is -2.46. The van der Waals surface area contributed by atoms with E-state index in [0.29, 0.717) is 5.56 Å². The minimum atomic E-state index is -1.48. The Morgan fingerprint density at radius 3 is 2.20 bits per heavy atom. The van der Waals surface area contributed by atoms with Gasteiger partial charge in [-0.05, 0) is 34.9 Å². The molecule has 8 nitrogen and oxygen atoms in total. The summed E-state index contributed by atoms with van der Waals surface area (Å²) in [6.07, 6.45) is -0.0286. The molecule has 9 heteroatoms. The maximum atomic E-state index is 13.2. The molecule has 40 heavy (non-hydrogen) atoms. The number of aliphatic hydroxyl groups is 1. The average Bonchev–Trinajstić information content (AvgIpc) is 3.16. The summed E-state index contributed by atoms with van der Waals surface area (Å²) in [6.45, 7) is 23.1. The van der Waals surface area contributed by atoms with Gasteiger partial charge in [0.2, 0.25) is 0 Å². The second-order valence-electron chi connectivity index (χ2n) is 14.7. The van der Waals surface area contributed by atoms with Crippen molar-refractivity contribution in [3.05, 3.63) is 58.1 Å². The molecule has 1 aromatic heterocycles. The molecule has 3 rings (SSSR count). The molecule has 1 aliphatic rings. The third-order valence-corrected chi connectivity index (χ3v) is 8.61. The molecule has 0 aliphatic carbocycles. The number of ether oxygens (including phenoxy) is 2. The van der Waals surface area contributed by atoms with Gasteiger partial charge in [-0.25, -0.2) is 4.79 Å². The lowest BCUT2D eigenvalue weighted by molar-refractivity contribution is -0.168. The summed E-state index contributed by atoms with van der Waals surface area (Å²) in [5, 5.41) is 12.2. The van der Waals surface area contributed by atoms with E-state index < -0.39 is 38.1 Å². The number of nitrogens with zero attached hydrogens (tertiary/aromatic N) is 2. The Morgan fingerprint density at radius 2 is 1.70 bits per heavy atom. The summed E-state index contributed by atoms with van der Waals surface area (Å²) in [5.74, 6) is 0.129. The van der Waals surface area contributed by atoms with Gasteiger partial charge in [0.05, 0.1) is 18.8 Å². The fraction of sp³-hybridized carbons (Fsp3) is 0.677. The van der Waals surface area contributed by atoms with Crippen molar-refractivity contribution in [1.29, 1.82) is 0 Å². The molecule has 0 radical (unpaired) electrons. The molecule has 1 aromatic carbocycles. The van der Waals surface area contributed by atoms with Gasteiger partial charge in [-0.3, -0.25) is 4.57 Å². The Balaban J connectivity index is 1.98. The number of hydrogen-bond donors (Lipinski definition) is 2. The van der Waals surface area contributed by atoms with Crippen molar-refractivity contribution >= 4 is 14.9 Å². The van der Waals surface area contributed by atoms with Crippen LogP contribution in [0.4, 0.5) is 5.82 Å². The molecular weight excluding hydrogens is 522 g/mol. The number of anilines is 1. The molecule has 0 bridgehead atoms. The third-order valence-electron chi connectivity index (χ3n) is 7.77. The monoisotopic (exact) mass is 573 g/mol. The Bertz CT molecular complexity index is 1200. The first-order chi connectivity index (χ1) is 18.3. The Morgan fingerprint density at radius 1 is 1.10 bits per heavy atom. The van der Waals surface area contributed by atoms with Gasteiger partial charge in [-0.15, -0.1) is 0 Å². The molecule has 1 fully saturated rings.